The first kappa shape index (κ1) is 14.6. The van der Waals surface area contributed by atoms with Gasteiger partial charge in [-0.2, -0.15) is 0 Å². The summed E-state index contributed by atoms with van der Waals surface area (Å²) >= 11 is 0. The quantitative estimate of drug-likeness (QED) is 0.834. The highest BCUT2D eigenvalue weighted by atomic mass is 16.5. The molecule has 1 amide bonds. The molecule has 0 bridgehead atoms. The number of carbonyl (C=O) groups excluding carboxylic acids is 1. The van der Waals surface area contributed by atoms with E-state index in [4.69, 9.17) is 9.84 Å². The lowest BCUT2D eigenvalue weighted by atomic mass is 9.96. The van der Waals surface area contributed by atoms with Crippen LogP contribution in [0.4, 0.5) is 0 Å². The standard InChI is InChI=1S/C16H21NO3/c18-10-9-14(13-6-2-1-3-7-13)12-17-16(19)15-8-4-5-11-20-15/h1-3,6-8,14,18H,4-5,9-12H2,(H,17,19)/t14-/m1/s1. The number of carbonyl (C=O) groups is 1. The van der Waals surface area contributed by atoms with Gasteiger partial charge in [-0.3, -0.25) is 4.79 Å². The Kier molecular flexibility index (Phi) is 5.62. The second-order valence-electron chi connectivity index (χ2n) is 4.89. The molecule has 0 radical (unpaired) electrons. The monoisotopic (exact) mass is 275 g/mol. The van der Waals surface area contributed by atoms with Gasteiger partial charge in [0.1, 0.15) is 0 Å². The van der Waals surface area contributed by atoms with Crippen LogP contribution in [-0.2, 0) is 9.53 Å². The minimum absolute atomic E-state index is 0.106. The van der Waals surface area contributed by atoms with Crippen LogP contribution in [0.1, 0.15) is 30.7 Å². The summed E-state index contributed by atoms with van der Waals surface area (Å²) in [5.74, 6) is 0.380. The number of aliphatic hydroxyl groups is 1. The Morgan fingerprint density at radius 3 is 2.80 bits per heavy atom. The van der Waals surface area contributed by atoms with Crippen molar-refractivity contribution < 1.29 is 14.6 Å². The van der Waals surface area contributed by atoms with Crippen molar-refractivity contribution in [3.05, 3.63) is 47.7 Å². The van der Waals surface area contributed by atoms with Gasteiger partial charge < -0.3 is 15.2 Å². The largest absolute Gasteiger partial charge is 0.488 e. The topological polar surface area (TPSA) is 58.6 Å². The van der Waals surface area contributed by atoms with E-state index in [1.165, 1.54) is 0 Å². The van der Waals surface area contributed by atoms with Gasteiger partial charge >= 0.3 is 0 Å². The number of allylic oxidation sites excluding steroid dienone is 1. The van der Waals surface area contributed by atoms with Crippen LogP contribution in [0.5, 0.6) is 0 Å². The van der Waals surface area contributed by atoms with Gasteiger partial charge in [0.2, 0.25) is 0 Å². The molecule has 0 spiro atoms. The van der Waals surface area contributed by atoms with E-state index in [0.29, 0.717) is 25.3 Å². The number of aliphatic hydroxyl groups excluding tert-OH is 1. The van der Waals surface area contributed by atoms with Crippen LogP contribution in [0, 0.1) is 0 Å². The third kappa shape index (κ3) is 4.10. The molecular formula is C16H21NO3. The molecule has 0 saturated heterocycles. The summed E-state index contributed by atoms with van der Waals surface area (Å²) in [5, 5.41) is 12.1. The number of ether oxygens (including phenoxy) is 1. The van der Waals surface area contributed by atoms with Crippen molar-refractivity contribution in [1.29, 1.82) is 0 Å². The van der Waals surface area contributed by atoms with E-state index in [1.54, 1.807) is 0 Å². The van der Waals surface area contributed by atoms with E-state index < -0.39 is 0 Å². The number of rotatable bonds is 6. The zero-order valence-corrected chi connectivity index (χ0v) is 11.5. The van der Waals surface area contributed by atoms with Crippen molar-refractivity contribution in [2.24, 2.45) is 0 Å². The molecule has 4 heteroatoms. The molecule has 0 aromatic heterocycles. The summed E-state index contributed by atoms with van der Waals surface area (Å²) in [6.45, 7) is 1.22. The fourth-order valence-electron chi connectivity index (χ4n) is 2.29. The van der Waals surface area contributed by atoms with Crippen LogP contribution >= 0.6 is 0 Å². The number of nitrogens with one attached hydrogen (secondary N) is 1. The van der Waals surface area contributed by atoms with Gasteiger partial charge in [-0.05, 0) is 30.9 Å². The Hall–Kier alpha value is -1.81. The summed E-state index contributed by atoms with van der Waals surface area (Å²) in [4.78, 5) is 12.0. The minimum atomic E-state index is -0.163. The van der Waals surface area contributed by atoms with Crippen molar-refractivity contribution in [1.82, 2.24) is 5.32 Å². The Morgan fingerprint density at radius 1 is 1.35 bits per heavy atom. The highest BCUT2D eigenvalue weighted by Gasteiger charge is 2.16. The van der Waals surface area contributed by atoms with Gasteiger partial charge in [-0.15, -0.1) is 0 Å². The zero-order chi connectivity index (χ0) is 14.2. The maximum Gasteiger partial charge on any atom is 0.286 e. The lowest BCUT2D eigenvalue weighted by Crippen LogP contribution is -2.31. The predicted octanol–water partition coefficient (Wildman–Crippen LogP) is 1.96. The number of amides is 1. The van der Waals surface area contributed by atoms with Crippen LogP contribution in [0.25, 0.3) is 0 Å². The van der Waals surface area contributed by atoms with E-state index >= 15 is 0 Å². The van der Waals surface area contributed by atoms with Crippen molar-refractivity contribution in [2.75, 3.05) is 19.8 Å². The fourth-order valence-corrected chi connectivity index (χ4v) is 2.29. The molecule has 0 aliphatic carbocycles. The van der Waals surface area contributed by atoms with E-state index in [0.717, 1.165) is 18.4 Å². The molecule has 1 aliphatic heterocycles. The van der Waals surface area contributed by atoms with Crippen LogP contribution in [-0.4, -0.2) is 30.8 Å². The summed E-state index contributed by atoms with van der Waals surface area (Å²) in [6.07, 6.45) is 4.32. The fraction of sp³-hybridized carbons (Fsp3) is 0.438. The second-order valence-corrected chi connectivity index (χ2v) is 4.89. The molecule has 0 unspecified atom stereocenters. The van der Waals surface area contributed by atoms with E-state index in [1.807, 2.05) is 36.4 Å². The highest BCUT2D eigenvalue weighted by molar-refractivity contribution is 5.91. The molecular weight excluding hydrogens is 254 g/mol. The Bertz CT molecular complexity index is 456. The van der Waals surface area contributed by atoms with Crippen LogP contribution < -0.4 is 5.32 Å². The van der Waals surface area contributed by atoms with E-state index in [9.17, 15) is 4.79 Å². The zero-order valence-electron chi connectivity index (χ0n) is 11.5. The summed E-state index contributed by atoms with van der Waals surface area (Å²) < 4.78 is 5.34. The van der Waals surface area contributed by atoms with Gasteiger partial charge in [-0.25, -0.2) is 0 Å². The predicted molar refractivity (Wildman–Crippen MR) is 77.2 cm³/mol. The molecule has 20 heavy (non-hydrogen) atoms. The average molecular weight is 275 g/mol. The summed E-state index contributed by atoms with van der Waals surface area (Å²) in [6, 6.07) is 9.92. The van der Waals surface area contributed by atoms with Gasteiger partial charge in [-0.1, -0.05) is 30.3 Å². The molecule has 0 fully saturated rings. The van der Waals surface area contributed by atoms with E-state index in [-0.39, 0.29) is 18.4 Å². The number of hydrogen-bond acceptors (Lipinski definition) is 3. The summed E-state index contributed by atoms with van der Waals surface area (Å²) in [5.41, 5.74) is 1.13. The normalized spacial score (nSPS) is 15.9. The molecule has 1 atom stereocenters. The number of hydrogen-bond donors (Lipinski definition) is 2. The average Bonchev–Trinajstić information content (AvgIpc) is 2.53. The lowest BCUT2D eigenvalue weighted by molar-refractivity contribution is -0.121. The van der Waals surface area contributed by atoms with Crippen LogP contribution in [0.2, 0.25) is 0 Å². The maximum atomic E-state index is 12.0. The molecule has 1 heterocycles. The Labute approximate surface area is 119 Å². The minimum Gasteiger partial charge on any atom is -0.488 e. The molecule has 1 aromatic carbocycles. The SMILES string of the molecule is O=C(NC[C@@H](CCO)c1ccccc1)C1=CCCCO1. The van der Waals surface area contributed by atoms with Crippen molar-refractivity contribution >= 4 is 5.91 Å². The van der Waals surface area contributed by atoms with Crippen molar-refractivity contribution in [3.63, 3.8) is 0 Å². The first-order chi connectivity index (χ1) is 9.81. The molecule has 108 valence electrons. The molecule has 1 aromatic rings. The molecule has 1 aliphatic rings. The first-order valence-corrected chi connectivity index (χ1v) is 7.08. The van der Waals surface area contributed by atoms with Crippen LogP contribution in [0.15, 0.2) is 42.2 Å². The lowest BCUT2D eigenvalue weighted by Gasteiger charge is -2.19. The molecule has 2 N–H and O–H groups in total. The Balaban J connectivity index is 1.92. The third-order valence-electron chi connectivity index (χ3n) is 3.42. The van der Waals surface area contributed by atoms with Gasteiger partial charge in [0.05, 0.1) is 6.61 Å². The van der Waals surface area contributed by atoms with Gasteiger partial charge in [0.25, 0.3) is 5.91 Å². The molecule has 4 nitrogen and oxygen atoms in total. The van der Waals surface area contributed by atoms with Crippen molar-refractivity contribution in [3.8, 4) is 0 Å². The third-order valence-corrected chi connectivity index (χ3v) is 3.42. The smallest absolute Gasteiger partial charge is 0.286 e. The molecule has 2 rings (SSSR count). The number of benzene rings is 1. The molecule has 0 saturated carbocycles. The highest BCUT2D eigenvalue weighted by Crippen LogP contribution is 2.18. The van der Waals surface area contributed by atoms with E-state index in [2.05, 4.69) is 5.32 Å². The first-order valence-electron chi connectivity index (χ1n) is 7.08. The second kappa shape index (κ2) is 7.70. The van der Waals surface area contributed by atoms with Crippen LogP contribution in [0.3, 0.4) is 0 Å². The summed E-state index contributed by atoms with van der Waals surface area (Å²) in [7, 11) is 0. The maximum absolute atomic E-state index is 12.0. The Morgan fingerprint density at radius 2 is 2.15 bits per heavy atom. The van der Waals surface area contributed by atoms with Crippen molar-refractivity contribution in [2.45, 2.75) is 25.2 Å². The van der Waals surface area contributed by atoms with Gasteiger partial charge in [0.15, 0.2) is 5.76 Å². The van der Waals surface area contributed by atoms with Gasteiger partial charge in [0, 0.05) is 19.1 Å².